The summed E-state index contributed by atoms with van der Waals surface area (Å²) in [4.78, 5) is 0. The zero-order chi connectivity index (χ0) is 16.4. The van der Waals surface area contributed by atoms with E-state index in [4.69, 9.17) is 0 Å². The van der Waals surface area contributed by atoms with Gasteiger partial charge in [-0.3, -0.25) is 0 Å². The van der Waals surface area contributed by atoms with Crippen molar-refractivity contribution in [2.75, 3.05) is 0 Å². The lowest BCUT2D eigenvalue weighted by Crippen LogP contribution is -2.36. The minimum absolute atomic E-state index is 0.133. The lowest BCUT2D eigenvalue weighted by molar-refractivity contribution is 0.114. The predicted molar refractivity (Wildman–Crippen MR) is 88.1 cm³/mol. The molecular formula is C18H24FN3O. The normalized spacial score (nSPS) is 23.0. The van der Waals surface area contributed by atoms with Gasteiger partial charge in [-0.1, -0.05) is 0 Å². The molecule has 1 unspecified atom stereocenters. The number of hydrogen-bond donors (Lipinski definition) is 2. The summed E-state index contributed by atoms with van der Waals surface area (Å²) >= 11 is 0. The highest BCUT2D eigenvalue weighted by atomic mass is 19.1. The van der Waals surface area contributed by atoms with Crippen molar-refractivity contribution in [2.45, 2.75) is 57.7 Å². The molecule has 0 saturated heterocycles. The summed E-state index contributed by atoms with van der Waals surface area (Å²) in [5, 5.41) is 17.7. The first-order chi connectivity index (χ1) is 11.0. The third-order valence-corrected chi connectivity index (χ3v) is 4.77. The molecule has 1 heterocycles. The van der Waals surface area contributed by atoms with Crippen LogP contribution in [0.4, 0.5) is 4.39 Å². The molecule has 23 heavy (non-hydrogen) atoms. The topological polar surface area (TPSA) is 50.1 Å². The summed E-state index contributed by atoms with van der Waals surface area (Å²) in [6.45, 7) is 4.18. The van der Waals surface area contributed by atoms with E-state index in [-0.39, 0.29) is 18.0 Å². The van der Waals surface area contributed by atoms with Crippen LogP contribution in [-0.2, 0) is 0 Å². The number of halogens is 1. The lowest BCUT2D eigenvalue weighted by atomic mass is 9.92. The average Bonchev–Trinajstić information content (AvgIpc) is 2.92. The van der Waals surface area contributed by atoms with E-state index in [1.165, 1.54) is 12.1 Å². The van der Waals surface area contributed by atoms with Gasteiger partial charge in [0.2, 0.25) is 0 Å². The molecule has 0 radical (unpaired) electrons. The van der Waals surface area contributed by atoms with Crippen LogP contribution in [0.1, 0.15) is 49.9 Å². The molecule has 2 aromatic rings. The Hall–Kier alpha value is -1.72. The summed E-state index contributed by atoms with van der Waals surface area (Å²) in [6.07, 6.45) is 5.52. The first-order valence-electron chi connectivity index (χ1n) is 8.29. The van der Waals surface area contributed by atoms with E-state index in [9.17, 15) is 9.50 Å². The molecule has 124 valence electrons. The fraction of sp³-hybridized carbons (Fsp3) is 0.500. The van der Waals surface area contributed by atoms with Crippen LogP contribution in [-0.4, -0.2) is 27.0 Å². The second kappa shape index (κ2) is 6.81. The minimum atomic E-state index is -0.242. The Kier molecular flexibility index (Phi) is 4.78. The zero-order valence-electron chi connectivity index (χ0n) is 13.7. The molecule has 1 aliphatic rings. The van der Waals surface area contributed by atoms with E-state index < -0.39 is 0 Å². The molecule has 4 nitrogen and oxygen atoms in total. The van der Waals surface area contributed by atoms with Gasteiger partial charge in [-0.15, -0.1) is 0 Å². The Balaban J connectivity index is 1.72. The SMILES string of the molecule is Cc1c(C(C)NC2CCC(O)CC2)cnn1-c1ccc(F)cc1. The highest BCUT2D eigenvalue weighted by Crippen LogP contribution is 2.24. The van der Waals surface area contributed by atoms with Gasteiger partial charge in [-0.05, 0) is 63.8 Å². The quantitative estimate of drug-likeness (QED) is 0.910. The second-order valence-corrected chi connectivity index (χ2v) is 6.47. The smallest absolute Gasteiger partial charge is 0.123 e. The summed E-state index contributed by atoms with van der Waals surface area (Å²) < 4.78 is 14.9. The predicted octanol–water partition coefficient (Wildman–Crippen LogP) is 3.27. The van der Waals surface area contributed by atoms with Gasteiger partial charge >= 0.3 is 0 Å². The molecule has 1 aromatic heterocycles. The number of aliphatic hydroxyl groups excluding tert-OH is 1. The van der Waals surface area contributed by atoms with E-state index in [2.05, 4.69) is 17.3 Å². The molecule has 0 aliphatic heterocycles. The highest BCUT2D eigenvalue weighted by Gasteiger charge is 2.22. The third kappa shape index (κ3) is 3.62. The fourth-order valence-electron chi connectivity index (χ4n) is 3.38. The molecular weight excluding hydrogens is 293 g/mol. The minimum Gasteiger partial charge on any atom is -0.393 e. The summed E-state index contributed by atoms with van der Waals surface area (Å²) in [6, 6.07) is 7.02. The van der Waals surface area contributed by atoms with Crippen molar-refractivity contribution < 1.29 is 9.50 Å². The number of aliphatic hydroxyl groups is 1. The maximum Gasteiger partial charge on any atom is 0.123 e. The number of nitrogens with zero attached hydrogens (tertiary/aromatic N) is 2. The van der Waals surface area contributed by atoms with Crippen molar-refractivity contribution in [1.82, 2.24) is 15.1 Å². The van der Waals surface area contributed by atoms with E-state index in [1.54, 1.807) is 12.1 Å². The van der Waals surface area contributed by atoms with Crippen molar-refractivity contribution >= 4 is 0 Å². The average molecular weight is 317 g/mol. The fourth-order valence-corrected chi connectivity index (χ4v) is 3.38. The van der Waals surface area contributed by atoms with Gasteiger partial charge < -0.3 is 10.4 Å². The molecule has 5 heteroatoms. The van der Waals surface area contributed by atoms with Crippen LogP contribution in [0.15, 0.2) is 30.5 Å². The monoisotopic (exact) mass is 317 g/mol. The number of aromatic nitrogens is 2. The molecule has 2 N–H and O–H groups in total. The summed E-state index contributed by atoms with van der Waals surface area (Å²) in [5.41, 5.74) is 3.08. The van der Waals surface area contributed by atoms with Gasteiger partial charge in [0.05, 0.1) is 18.0 Å². The van der Waals surface area contributed by atoms with E-state index in [0.717, 1.165) is 42.6 Å². The van der Waals surface area contributed by atoms with Gasteiger partial charge in [0.1, 0.15) is 5.82 Å². The molecule has 1 saturated carbocycles. The Morgan fingerprint density at radius 3 is 2.52 bits per heavy atom. The van der Waals surface area contributed by atoms with Gasteiger partial charge in [-0.25, -0.2) is 9.07 Å². The van der Waals surface area contributed by atoms with Crippen LogP contribution in [0, 0.1) is 12.7 Å². The van der Waals surface area contributed by atoms with Crippen LogP contribution in [0.5, 0.6) is 0 Å². The molecule has 1 aromatic carbocycles. The van der Waals surface area contributed by atoms with Crippen molar-refractivity contribution in [1.29, 1.82) is 0 Å². The van der Waals surface area contributed by atoms with Gasteiger partial charge in [0.25, 0.3) is 0 Å². The standard InChI is InChI=1S/C18H24FN3O/c1-12(21-15-5-9-17(23)10-6-15)18-11-20-22(13(18)2)16-7-3-14(19)4-8-16/h3-4,7-8,11-12,15,17,21,23H,5-6,9-10H2,1-2H3. The summed E-state index contributed by atoms with van der Waals surface area (Å²) in [7, 11) is 0. The third-order valence-electron chi connectivity index (χ3n) is 4.77. The first-order valence-corrected chi connectivity index (χ1v) is 8.29. The molecule has 3 rings (SSSR count). The van der Waals surface area contributed by atoms with Gasteiger partial charge in [-0.2, -0.15) is 5.10 Å². The van der Waals surface area contributed by atoms with Crippen LogP contribution >= 0.6 is 0 Å². The number of rotatable bonds is 4. The largest absolute Gasteiger partial charge is 0.393 e. The second-order valence-electron chi connectivity index (χ2n) is 6.47. The van der Waals surface area contributed by atoms with Crippen LogP contribution in [0.25, 0.3) is 5.69 Å². The zero-order valence-corrected chi connectivity index (χ0v) is 13.7. The Labute approximate surface area is 136 Å². The van der Waals surface area contributed by atoms with Crippen LogP contribution < -0.4 is 5.32 Å². The first kappa shape index (κ1) is 16.1. The maximum absolute atomic E-state index is 13.1. The van der Waals surface area contributed by atoms with Crippen LogP contribution in [0.2, 0.25) is 0 Å². The number of hydrogen-bond acceptors (Lipinski definition) is 3. The van der Waals surface area contributed by atoms with Gasteiger partial charge in [0.15, 0.2) is 0 Å². The van der Waals surface area contributed by atoms with Crippen LogP contribution in [0.3, 0.4) is 0 Å². The lowest BCUT2D eigenvalue weighted by Gasteiger charge is -2.29. The van der Waals surface area contributed by atoms with Crippen molar-refractivity contribution in [3.63, 3.8) is 0 Å². The molecule has 1 aliphatic carbocycles. The van der Waals surface area contributed by atoms with E-state index >= 15 is 0 Å². The molecule has 0 amide bonds. The number of benzene rings is 1. The highest BCUT2D eigenvalue weighted by molar-refractivity contribution is 5.35. The van der Waals surface area contributed by atoms with E-state index in [1.807, 2.05) is 17.8 Å². The maximum atomic E-state index is 13.1. The summed E-state index contributed by atoms with van der Waals surface area (Å²) in [5.74, 6) is -0.242. The van der Waals surface area contributed by atoms with Gasteiger partial charge in [0, 0.05) is 23.3 Å². The Morgan fingerprint density at radius 1 is 1.22 bits per heavy atom. The molecule has 0 bridgehead atoms. The number of nitrogens with one attached hydrogen (secondary N) is 1. The molecule has 1 fully saturated rings. The molecule has 0 spiro atoms. The van der Waals surface area contributed by atoms with Crippen molar-refractivity contribution in [2.24, 2.45) is 0 Å². The van der Waals surface area contributed by atoms with E-state index in [0.29, 0.717) is 6.04 Å². The Bertz CT molecular complexity index is 645. The Morgan fingerprint density at radius 2 is 1.87 bits per heavy atom. The molecule has 1 atom stereocenters. The van der Waals surface area contributed by atoms with Crippen molar-refractivity contribution in [3.8, 4) is 5.69 Å². The van der Waals surface area contributed by atoms with Crippen molar-refractivity contribution in [3.05, 3.63) is 47.5 Å².